The van der Waals surface area contributed by atoms with Gasteiger partial charge in [0.1, 0.15) is 0 Å². The number of rotatable bonds is 2. The van der Waals surface area contributed by atoms with Gasteiger partial charge in [0.05, 0.1) is 16.6 Å². The number of aromatic nitrogens is 1. The summed E-state index contributed by atoms with van der Waals surface area (Å²) in [4.78, 5) is 0. The lowest BCUT2D eigenvalue weighted by molar-refractivity contribution is 0.188. The van der Waals surface area contributed by atoms with Crippen LogP contribution >= 0.6 is 11.6 Å². The number of aliphatic hydroxyl groups excluding tert-OH is 1. The minimum Gasteiger partial charge on any atom is -0.387 e. The van der Waals surface area contributed by atoms with Crippen LogP contribution in [-0.2, 0) is 0 Å². The Morgan fingerprint density at radius 2 is 1.94 bits per heavy atom. The first kappa shape index (κ1) is 11.5. The van der Waals surface area contributed by atoms with Crippen LogP contribution in [0.5, 0.6) is 0 Å². The third-order valence-corrected chi connectivity index (χ3v) is 3.09. The van der Waals surface area contributed by atoms with Gasteiger partial charge in [-0.2, -0.15) is 0 Å². The smallest absolute Gasteiger partial charge is 0.0912 e. The van der Waals surface area contributed by atoms with E-state index in [4.69, 9.17) is 11.6 Å². The van der Waals surface area contributed by atoms with E-state index in [2.05, 4.69) is 18.4 Å². The molecule has 3 heteroatoms. The highest BCUT2D eigenvalue weighted by molar-refractivity contribution is 6.35. The predicted octanol–water partition coefficient (Wildman–Crippen LogP) is 3.93. The van der Waals surface area contributed by atoms with E-state index in [1.54, 1.807) is 6.92 Å². The first-order chi connectivity index (χ1) is 7.52. The fraction of sp³-hybridized carbons (Fsp3) is 0.385. The van der Waals surface area contributed by atoms with E-state index in [1.807, 2.05) is 24.3 Å². The molecule has 0 saturated carbocycles. The normalized spacial score (nSPS) is 13.6. The van der Waals surface area contributed by atoms with Crippen LogP contribution in [0.15, 0.2) is 24.3 Å². The Morgan fingerprint density at radius 3 is 2.50 bits per heavy atom. The summed E-state index contributed by atoms with van der Waals surface area (Å²) in [6.45, 7) is 5.96. The Morgan fingerprint density at radius 1 is 1.25 bits per heavy atom. The summed E-state index contributed by atoms with van der Waals surface area (Å²) in [5.41, 5.74) is 1.92. The van der Waals surface area contributed by atoms with Crippen LogP contribution in [0, 0.1) is 0 Å². The Labute approximate surface area is 100 Å². The highest BCUT2D eigenvalue weighted by atomic mass is 35.5. The lowest BCUT2D eigenvalue weighted by atomic mass is 10.2. The lowest BCUT2D eigenvalue weighted by Crippen LogP contribution is -2.07. The van der Waals surface area contributed by atoms with Gasteiger partial charge in [-0.15, -0.1) is 0 Å². The van der Waals surface area contributed by atoms with Crippen molar-refractivity contribution in [3.05, 3.63) is 35.0 Å². The Hall–Kier alpha value is -0.990. The molecule has 0 aliphatic carbocycles. The van der Waals surface area contributed by atoms with E-state index in [-0.39, 0.29) is 6.04 Å². The zero-order chi connectivity index (χ0) is 11.9. The average Bonchev–Trinajstić information content (AvgIpc) is 2.58. The third-order valence-electron chi connectivity index (χ3n) is 2.78. The molecule has 0 aliphatic heterocycles. The molecule has 0 fully saturated rings. The number of hydrogen-bond acceptors (Lipinski definition) is 1. The predicted molar refractivity (Wildman–Crippen MR) is 68.0 cm³/mol. The largest absolute Gasteiger partial charge is 0.387 e. The number of para-hydroxylation sites is 1. The topological polar surface area (TPSA) is 25.2 Å². The zero-order valence-corrected chi connectivity index (χ0v) is 10.5. The molecule has 2 nitrogen and oxygen atoms in total. The van der Waals surface area contributed by atoms with Crippen molar-refractivity contribution in [3.8, 4) is 0 Å². The molecule has 1 heterocycles. The molecule has 0 bridgehead atoms. The van der Waals surface area contributed by atoms with Crippen LogP contribution in [0.1, 0.15) is 38.6 Å². The maximum atomic E-state index is 9.78. The van der Waals surface area contributed by atoms with Crippen LogP contribution in [-0.4, -0.2) is 9.67 Å². The van der Waals surface area contributed by atoms with Gasteiger partial charge in [0.2, 0.25) is 0 Å². The van der Waals surface area contributed by atoms with Gasteiger partial charge in [0, 0.05) is 17.1 Å². The summed E-state index contributed by atoms with van der Waals surface area (Å²) < 4.78 is 2.10. The number of aliphatic hydroxyl groups is 1. The van der Waals surface area contributed by atoms with Crippen molar-refractivity contribution in [1.29, 1.82) is 0 Å². The van der Waals surface area contributed by atoms with Gasteiger partial charge in [0.15, 0.2) is 0 Å². The summed E-state index contributed by atoms with van der Waals surface area (Å²) in [5, 5.41) is 11.6. The zero-order valence-electron chi connectivity index (χ0n) is 9.74. The second-order valence-electron chi connectivity index (χ2n) is 4.39. The fourth-order valence-corrected chi connectivity index (χ4v) is 2.41. The minimum atomic E-state index is -0.481. The highest BCUT2D eigenvalue weighted by Gasteiger charge is 2.16. The molecule has 1 atom stereocenters. The number of nitrogens with zero attached hydrogens (tertiary/aromatic N) is 1. The number of halogens is 1. The second-order valence-corrected chi connectivity index (χ2v) is 4.79. The van der Waals surface area contributed by atoms with Crippen LogP contribution in [0.4, 0.5) is 0 Å². The Kier molecular flexibility index (Phi) is 2.96. The molecule has 0 amide bonds. The quantitative estimate of drug-likeness (QED) is 0.841. The molecule has 2 aromatic rings. The van der Waals surface area contributed by atoms with Crippen molar-refractivity contribution in [2.75, 3.05) is 0 Å². The molecule has 1 N–H and O–H groups in total. The Balaban J connectivity index is 2.83. The number of benzene rings is 1. The average molecular weight is 238 g/mol. The van der Waals surface area contributed by atoms with Crippen molar-refractivity contribution >= 4 is 22.5 Å². The summed E-state index contributed by atoms with van der Waals surface area (Å²) in [7, 11) is 0. The summed E-state index contributed by atoms with van der Waals surface area (Å²) in [5.74, 6) is 0. The van der Waals surface area contributed by atoms with Crippen LogP contribution < -0.4 is 0 Å². The van der Waals surface area contributed by atoms with E-state index in [1.165, 1.54) is 0 Å². The molecule has 1 aromatic heterocycles. The molecule has 1 unspecified atom stereocenters. The fourth-order valence-electron chi connectivity index (χ4n) is 2.14. The van der Waals surface area contributed by atoms with Crippen molar-refractivity contribution in [2.24, 2.45) is 0 Å². The number of fused-ring (bicyclic) bond motifs is 1. The van der Waals surface area contributed by atoms with Gasteiger partial charge < -0.3 is 9.67 Å². The molecular formula is C13H16ClNO. The van der Waals surface area contributed by atoms with Gasteiger partial charge in [0.25, 0.3) is 0 Å². The van der Waals surface area contributed by atoms with E-state index in [0.29, 0.717) is 0 Å². The molecule has 2 rings (SSSR count). The molecule has 86 valence electrons. The van der Waals surface area contributed by atoms with Gasteiger partial charge in [-0.25, -0.2) is 0 Å². The highest BCUT2D eigenvalue weighted by Crippen LogP contribution is 2.32. The van der Waals surface area contributed by atoms with Crippen LogP contribution in [0.2, 0.25) is 5.02 Å². The van der Waals surface area contributed by atoms with Gasteiger partial charge in [-0.05, 0) is 32.9 Å². The summed E-state index contributed by atoms with van der Waals surface area (Å²) in [6.07, 6.45) is -0.481. The maximum Gasteiger partial charge on any atom is 0.0912 e. The maximum absolute atomic E-state index is 9.78. The molecule has 16 heavy (non-hydrogen) atoms. The van der Waals surface area contributed by atoms with E-state index < -0.39 is 6.10 Å². The van der Waals surface area contributed by atoms with Crippen LogP contribution in [0.3, 0.4) is 0 Å². The van der Waals surface area contributed by atoms with E-state index >= 15 is 0 Å². The Bertz CT molecular complexity index is 514. The summed E-state index contributed by atoms with van der Waals surface area (Å²) in [6, 6.07) is 8.12. The van der Waals surface area contributed by atoms with Gasteiger partial charge >= 0.3 is 0 Å². The third kappa shape index (κ3) is 1.72. The van der Waals surface area contributed by atoms with Crippen molar-refractivity contribution in [3.63, 3.8) is 0 Å². The first-order valence-electron chi connectivity index (χ1n) is 5.49. The SMILES string of the molecule is CC(O)c1cc2cccc(Cl)c2n1C(C)C. The standard InChI is InChI=1S/C13H16ClNO/c1-8(2)15-12(9(3)16)7-10-5-4-6-11(14)13(10)15/h4-9,16H,1-3H3. The van der Waals surface area contributed by atoms with E-state index in [0.717, 1.165) is 21.6 Å². The second kappa shape index (κ2) is 4.11. The van der Waals surface area contributed by atoms with E-state index in [9.17, 15) is 5.11 Å². The molecule has 0 radical (unpaired) electrons. The monoisotopic (exact) mass is 237 g/mol. The molecular weight excluding hydrogens is 222 g/mol. The minimum absolute atomic E-state index is 0.280. The van der Waals surface area contributed by atoms with Crippen molar-refractivity contribution in [2.45, 2.75) is 32.9 Å². The van der Waals surface area contributed by atoms with Crippen molar-refractivity contribution < 1.29 is 5.11 Å². The molecule has 0 saturated heterocycles. The molecule has 1 aromatic carbocycles. The van der Waals surface area contributed by atoms with Crippen molar-refractivity contribution in [1.82, 2.24) is 4.57 Å². The molecule has 0 spiro atoms. The van der Waals surface area contributed by atoms with Gasteiger partial charge in [-0.1, -0.05) is 23.7 Å². The molecule has 0 aliphatic rings. The summed E-state index contributed by atoms with van der Waals surface area (Å²) >= 11 is 6.22. The van der Waals surface area contributed by atoms with Gasteiger partial charge in [-0.3, -0.25) is 0 Å². The lowest BCUT2D eigenvalue weighted by Gasteiger charge is -2.16. The number of hydrogen-bond donors (Lipinski definition) is 1. The van der Waals surface area contributed by atoms with Crippen LogP contribution in [0.25, 0.3) is 10.9 Å². The first-order valence-corrected chi connectivity index (χ1v) is 5.87.